The summed E-state index contributed by atoms with van der Waals surface area (Å²) in [6, 6.07) is 6.31. The van der Waals surface area contributed by atoms with E-state index in [2.05, 4.69) is 50.5 Å². The molecule has 2 N–H and O–H groups in total. The minimum atomic E-state index is 0.141. The third-order valence-electron chi connectivity index (χ3n) is 6.36. The van der Waals surface area contributed by atoms with E-state index >= 15 is 0 Å². The molecule has 1 saturated carbocycles. The van der Waals surface area contributed by atoms with Crippen molar-refractivity contribution in [2.24, 2.45) is 10.9 Å². The van der Waals surface area contributed by atoms with E-state index in [1.807, 2.05) is 13.8 Å². The highest BCUT2D eigenvalue weighted by molar-refractivity contribution is 5.80. The SMILES string of the molecule is CN=C(NCCN1CCN(C(=O)C2CCCC2)CC1)NCc1ccc(C)cc1OC(C)C. The van der Waals surface area contributed by atoms with Crippen LogP contribution in [0.25, 0.3) is 0 Å². The number of guanidine groups is 1. The first-order chi connectivity index (χ1) is 15.5. The van der Waals surface area contributed by atoms with Crippen molar-refractivity contribution in [3.63, 3.8) is 0 Å². The van der Waals surface area contributed by atoms with Crippen molar-refractivity contribution in [1.82, 2.24) is 20.4 Å². The number of nitrogens with one attached hydrogen (secondary N) is 2. The van der Waals surface area contributed by atoms with Crippen molar-refractivity contribution in [2.45, 2.75) is 59.1 Å². The Morgan fingerprint density at radius 2 is 1.88 bits per heavy atom. The summed E-state index contributed by atoms with van der Waals surface area (Å²) in [6.07, 6.45) is 4.74. The fraction of sp³-hybridized carbons (Fsp3) is 0.680. The molecular weight excluding hydrogens is 402 g/mol. The average Bonchev–Trinajstić information content (AvgIpc) is 3.32. The second-order valence-electron chi connectivity index (χ2n) is 9.28. The molecule has 1 aliphatic carbocycles. The second-order valence-corrected chi connectivity index (χ2v) is 9.28. The molecule has 1 aliphatic heterocycles. The van der Waals surface area contributed by atoms with Crippen LogP contribution in [-0.2, 0) is 11.3 Å². The van der Waals surface area contributed by atoms with Gasteiger partial charge >= 0.3 is 0 Å². The molecule has 0 bridgehead atoms. The number of benzene rings is 1. The van der Waals surface area contributed by atoms with Crippen molar-refractivity contribution >= 4 is 11.9 Å². The largest absolute Gasteiger partial charge is 0.491 e. The summed E-state index contributed by atoms with van der Waals surface area (Å²) >= 11 is 0. The maximum Gasteiger partial charge on any atom is 0.225 e. The predicted octanol–water partition coefficient (Wildman–Crippen LogP) is 2.78. The van der Waals surface area contributed by atoms with Gasteiger partial charge in [-0.25, -0.2) is 0 Å². The van der Waals surface area contributed by atoms with Gasteiger partial charge in [0.2, 0.25) is 5.91 Å². The molecule has 0 atom stereocenters. The van der Waals surface area contributed by atoms with Crippen LogP contribution in [-0.4, -0.2) is 74.1 Å². The van der Waals surface area contributed by atoms with Crippen LogP contribution in [0.2, 0.25) is 0 Å². The van der Waals surface area contributed by atoms with Gasteiger partial charge in [-0.3, -0.25) is 14.7 Å². The number of piperazine rings is 1. The summed E-state index contributed by atoms with van der Waals surface area (Å²) in [5, 5.41) is 6.81. The number of hydrogen-bond donors (Lipinski definition) is 2. The lowest BCUT2D eigenvalue weighted by atomic mass is 10.1. The standard InChI is InChI=1S/C25H41N5O2/c1-19(2)32-23-17-20(3)9-10-22(23)18-28-25(26-4)27-11-12-29-13-15-30(16-14-29)24(31)21-7-5-6-8-21/h9-10,17,19,21H,5-8,11-16,18H2,1-4H3,(H2,26,27,28). The van der Waals surface area contributed by atoms with Crippen molar-refractivity contribution in [1.29, 1.82) is 0 Å². The van der Waals surface area contributed by atoms with E-state index in [-0.39, 0.29) is 12.0 Å². The lowest BCUT2D eigenvalue weighted by molar-refractivity contribution is -0.137. The second kappa shape index (κ2) is 12.1. The van der Waals surface area contributed by atoms with Crippen molar-refractivity contribution in [2.75, 3.05) is 46.3 Å². The minimum Gasteiger partial charge on any atom is -0.491 e. The maximum atomic E-state index is 12.6. The Labute approximate surface area is 193 Å². The molecule has 1 aromatic carbocycles. The monoisotopic (exact) mass is 443 g/mol. The Hall–Kier alpha value is -2.28. The van der Waals surface area contributed by atoms with Crippen LogP contribution in [0.4, 0.5) is 0 Å². The molecule has 0 aromatic heterocycles. The van der Waals surface area contributed by atoms with Gasteiger partial charge in [-0.05, 0) is 45.2 Å². The summed E-state index contributed by atoms with van der Waals surface area (Å²) in [4.78, 5) is 21.5. The van der Waals surface area contributed by atoms with Crippen LogP contribution < -0.4 is 15.4 Å². The Morgan fingerprint density at radius 3 is 2.53 bits per heavy atom. The number of carbonyl (C=O) groups excluding carboxylic acids is 1. The first kappa shape index (κ1) is 24.4. The fourth-order valence-electron chi connectivity index (χ4n) is 4.53. The number of nitrogens with zero attached hydrogens (tertiary/aromatic N) is 3. The zero-order valence-corrected chi connectivity index (χ0v) is 20.3. The molecular formula is C25H41N5O2. The molecule has 1 aromatic rings. The molecule has 2 fully saturated rings. The molecule has 0 spiro atoms. The highest BCUT2D eigenvalue weighted by atomic mass is 16.5. The van der Waals surface area contributed by atoms with Gasteiger partial charge in [-0.15, -0.1) is 0 Å². The number of aryl methyl sites for hydroxylation is 1. The first-order valence-corrected chi connectivity index (χ1v) is 12.2. The molecule has 7 heteroatoms. The third-order valence-corrected chi connectivity index (χ3v) is 6.36. The zero-order valence-electron chi connectivity index (χ0n) is 20.3. The van der Waals surface area contributed by atoms with E-state index < -0.39 is 0 Å². The molecule has 2 aliphatic rings. The number of amides is 1. The lowest BCUT2D eigenvalue weighted by Gasteiger charge is -2.36. The Bertz CT molecular complexity index is 766. The van der Waals surface area contributed by atoms with E-state index in [4.69, 9.17) is 4.74 Å². The van der Waals surface area contributed by atoms with E-state index in [9.17, 15) is 4.79 Å². The fourth-order valence-corrected chi connectivity index (χ4v) is 4.53. The van der Waals surface area contributed by atoms with Gasteiger partial charge in [0.15, 0.2) is 5.96 Å². The van der Waals surface area contributed by atoms with Crippen LogP contribution in [0.3, 0.4) is 0 Å². The Kier molecular flexibility index (Phi) is 9.21. The van der Waals surface area contributed by atoms with E-state index in [0.717, 1.165) is 69.4 Å². The van der Waals surface area contributed by atoms with Crippen molar-refractivity contribution < 1.29 is 9.53 Å². The zero-order chi connectivity index (χ0) is 22.9. The summed E-state index contributed by atoms with van der Waals surface area (Å²) in [5.41, 5.74) is 2.31. The number of hydrogen-bond acceptors (Lipinski definition) is 4. The average molecular weight is 444 g/mol. The van der Waals surface area contributed by atoms with E-state index in [1.54, 1.807) is 7.05 Å². The van der Waals surface area contributed by atoms with Gasteiger partial charge < -0.3 is 20.3 Å². The smallest absolute Gasteiger partial charge is 0.225 e. The normalized spacial score (nSPS) is 18.3. The van der Waals surface area contributed by atoms with Crippen LogP contribution in [0.15, 0.2) is 23.2 Å². The number of rotatable bonds is 8. The molecule has 1 amide bonds. The topological polar surface area (TPSA) is 69.2 Å². The van der Waals surface area contributed by atoms with Crippen molar-refractivity contribution in [3.8, 4) is 5.75 Å². The highest BCUT2D eigenvalue weighted by Crippen LogP contribution is 2.27. The Morgan fingerprint density at radius 1 is 1.16 bits per heavy atom. The van der Waals surface area contributed by atoms with Gasteiger partial charge in [-0.1, -0.05) is 25.0 Å². The van der Waals surface area contributed by atoms with Crippen molar-refractivity contribution in [3.05, 3.63) is 29.3 Å². The summed E-state index contributed by atoms with van der Waals surface area (Å²) in [5.74, 6) is 2.39. The number of aliphatic imine (C=N–C) groups is 1. The summed E-state index contributed by atoms with van der Waals surface area (Å²) in [7, 11) is 1.80. The summed E-state index contributed by atoms with van der Waals surface area (Å²) in [6.45, 7) is 12.2. The maximum absolute atomic E-state index is 12.6. The quantitative estimate of drug-likeness (QED) is 0.478. The van der Waals surface area contributed by atoms with Gasteiger partial charge in [0.25, 0.3) is 0 Å². The molecule has 32 heavy (non-hydrogen) atoms. The van der Waals surface area contributed by atoms with Crippen LogP contribution >= 0.6 is 0 Å². The predicted molar refractivity (Wildman–Crippen MR) is 130 cm³/mol. The first-order valence-electron chi connectivity index (χ1n) is 12.2. The molecule has 7 nitrogen and oxygen atoms in total. The van der Waals surface area contributed by atoms with E-state index in [0.29, 0.717) is 12.5 Å². The van der Waals surface area contributed by atoms with Gasteiger partial charge in [0, 0.05) is 64.3 Å². The van der Waals surface area contributed by atoms with Crippen LogP contribution in [0.5, 0.6) is 5.75 Å². The van der Waals surface area contributed by atoms with Gasteiger partial charge in [-0.2, -0.15) is 0 Å². The highest BCUT2D eigenvalue weighted by Gasteiger charge is 2.29. The lowest BCUT2D eigenvalue weighted by Crippen LogP contribution is -2.51. The number of carbonyl (C=O) groups is 1. The molecule has 1 saturated heterocycles. The van der Waals surface area contributed by atoms with Crippen LogP contribution in [0.1, 0.15) is 50.7 Å². The molecule has 3 rings (SSSR count). The van der Waals surface area contributed by atoms with Crippen LogP contribution in [0, 0.1) is 12.8 Å². The van der Waals surface area contributed by atoms with E-state index in [1.165, 1.54) is 18.4 Å². The molecule has 1 heterocycles. The molecule has 0 unspecified atom stereocenters. The molecule has 178 valence electrons. The van der Waals surface area contributed by atoms with Gasteiger partial charge in [0.05, 0.1) is 6.10 Å². The minimum absolute atomic E-state index is 0.141. The summed E-state index contributed by atoms with van der Waals surface area (Å²) < 4.78 is 5.98. The Balaban J connectivity index is 1.38. The number of ether oxygens (including phenoxy) is 1. The molecule has 0 radical (unpaired) electrons. The van der Waals surface area contributed by atoms with Gasteiger partial charge in [0.1, 0.15) is 5.75 Å². The third kappa shape index (κ3) is 7.12.